The molecule has 4 heterocycles. The summed E-state index contributed by atoms with van der Waals surface area (Å²) in [5.74, 6) is 0.864. The Morgan fingerprint density at radius 1 is 1.00 bits per heavy atom. The van der Waals surface area contributed by atoms with E-state index in [0.717, 1.165) is 28.4 Å². The highest BCUT2D eigenvalue weighted by Gasteiger charge is 2.41. The third kappa shape index (κ3) is 4.32. The van der Waals surface area contributed by atoms with Gasteiger partial charge in [0.05, 0.1) is 24.4 Å². The standard InChI is InChI=1S/C26H25N5OS/c1-2-32-21-12-10-20(11-13-21)30-16-6-9-23(30)25-24(22-8-3-4-15-28-22)29-26(33)31(25)18-19-7-5-14-27-17-19/h3-17,24-25H,2,18H2,1H3,(H,29,33)/t24-,25+/m1/s1. The Morgan fingerprint density at radius 3 is 2.61 bits per heavy atom. The molecule has 0 spiro atoms. The number of pyridine rings is 2. The van der Waals surface area contributed by atoms with Gasteiger partial charge in [-0.25, -0.2) is 0 Å². The molecule has 1 aromatic carbocycles. The second kappa shape index (κ2) is 9.42. The van der Waals surface area contributed by atoms with Crippen LogP contribution in [0.3, 0.4) is 0 Å². The summed E-state index contributed by atoms with van der Waals surface area (Å²) in [4.78, 5) is 11.2. The molecule has 1 fully saturated rings. The second-order valence-corrected chi connectivity index (χ2v) is 8.23. The van der Waals surface area contributed by atoms with Crippen LogP contribution in [0.25, 0.3) is 5.69 Å². The van der Waals surface area contributed by atoms with E-state index in [9.17, 15) is 0 Å². The van der Waals surface area contributed by atoms with Crippen LogP contribution < -0.4 is 10.1 Å². The average Bonchev–Trinajstić information content (AvgIpc) is 3.46. The highest BCUT2D eigenvalue weighted by atomic mass is 32.1. The minimum atomic E-state index is -0.0771. The van der Waals surface area contributed by atoms with Crippen molar-refractivity contribution in [1.82, 2.24) is 24.8 Å². The second-order valence-electron chi connectivity index (χ2n) is 7.85. The topological polar surface area (TPSA) is 55.2 Å². The predicted molar refractivity (Wildman–Crippen MR) is 132 cm³/mol. The summed E-state index contributed by atoms with van der Waals surface area (Å²) >= 11 is 5.81. The molecule has 0 unspecified atom stereocenters. The molecular formula is C26H25N5OS. The first-order valence-corrected chi connectivity index (χ1v) is 11.4. The van der Waals surface area contributed by atoms with Gasteiger partial charge in [-0.3, -0.25) is 9.97 Å². The Hall–Kier alpha value is -3.71. The van der Waals surface area contributed by atoms with E-state index in [1.165, 1.54) is 0 Å². The average molecular weight is 456 g/mol. The molecule has 0 saturated carbocycles. The molecule has 3 aromatic heterocycles. The molecule has 7 heteroatoms. The van der Waals surface area contributed by atoms with Gasteiger partial charge >= 0.3 is 0 Å². The van der Waals surface area contributed by atoms with Crippen LogP contribution in [-0.2, 0) is 6.54 Å². The van der Waals surface area contributed by atoms with Crippen LogP contribution in [0.1, 0.15) is 36.0 Å². The number of ether oxygens (including phenoxy) is 1. The number of aromatic nitrogens is 3. The van der Waals surface area contributed by atoms with Crippen molar-refractivity contribution in [2.45, 2.75) is 25.6 Å². The fraction of sp³-hybridized carbons (Fsp3) is 0.192. The zero-order valence-electron chi connectivity index (χ0n) is 18.3. The summed E-state index contributed by atoms with van der Waals surface area (Å²) in [5, 5.41) is 4.23. The Morgan fingerprint density at radius 2 is 1.88 bits per heavy atom. The molecule has 1 saturated heterocycles. The summed E-state index contributed by atoms with van der Waals surface area (Å²) in [7, 11) is 0. The van der Waals surface area contributed by atoms with Crippen LogP contribution in [0.5, 0.6) is 5.75 Å². The van der Waals surface area contributed by atoms with Crippen LogP contribution >= 0.6 is 12.2 Å². The van der Waals surface area contributed by atoms with Crippen molar-refractivity contribution in [3.8, 4) is 11.4 Å². The minimum absolute atomic E-state index is 0.0471. The molecule has 2 atom stereocenters. The third-order valence-corrected chi connectivity index (χ3v) is 6.14. The van der Waals surface area contributed by atoms with Crippen molar-refractivity contribution in [3.05, 3.63) is 108 Å². The van der Waals surface area contributed by atoms with Crippen LogP contribution in [0, 0.1) is 0 Å². The van der Waals surface area contributed by atoms with E-state index in [4.69, 9.17) is 17.0 Å². The Bertz CT molecular complexity index is 1210. The highest BCUT2D eigenvalue weighted by molar-refractivity contribution is 7.80. The summed E-state index contributed by atoms with van der Waals surface area (Å²) in [6, 6.07) is 22.3. The lowest BCUT2D eigenvalue weighted by Crippen LogP contribution is -2.30. The monoisotopic (exact) mass is 455 g/mol. The maximum atomic E-state index is 5.81. The third-order valence-electron chi connectivity index (χ3n) is 5.78. The number of hydrogen-bond donors (Lipinski definition) is 1. The van der Waals surface area contributed by atoms with E-state index in [1.54, 1.807) is 6.20 Å². The summed E-state index contributed by atoms with van der Waals surface area (Å²) < 4.78 is 7.83. The molecule has 1 aliphatic rings. The largest absolute Gasteiger partial charge is 0.494 e. The lowest BCUT2D eigenvalue weighted by Gasteiger charge is -2.29. The van der Waals surface area contributed by atoms with E-state index >= 15 is 0 Å². The zero-order valence-corrected chi connectivity index (χ0v) is 19.2. The van der Waals surface area contributed by atoms with E-state index in [1.807, 2.05) is 55.7 Å². The predicted octanol–water partition coefficient (Wildman–Crippen LogP) is 4.84. The molecule has 1 aliphatic heterocycles. The lowest BCUT2D eigenvalue weighted by atomic mass is 10.0. The van der Waals surface area contributed by atoms with Crippen LogP contribution in [0.15, 0.2) is 91.5 Å². The van der Waals surface area contributed by atoms with Crippen molar-refractivity contribution in [1.29, 1.82) is 0 Å². The number of hydrogen-bond acceptors (Lipinski definition) is 4. The van der Waals surface area contributed by atoms with E-state index in [0.29, 0.717) is 18.3 Å². The molecule has 6 nitrogen and oxygen atoms in total. The Labute approximate surface area is 198 Å². The highest BCUT2D eigenvalue weighted by Crippen LogP contribution is 2.40. The van der Waals surface area contributed by atoms with Gasteiger partial charge in [0.15, 0.2) is 5.11 Å². The van der Waals surface area contributed by atoms with Crippen molar-refractivity contribution in [3.63, 3.8) is 0 Å². The first-order valence-electron chi connectivity index (χ1n) is 11.0. The molecule has 33 heavy (non-hydrogen) atoms. The van der Waals surface area contributed by atoms with Gasteiger partial charge in [-0.2, -0.15) is 0 Å². The van der Waals surface area contributed by atoms with Gasteiger partial charge in [0.1, 0.15) is 5.75 Å². The first-order chi connectivity index (χ1) is 16.2. The van der Waals surface area contributed by atoms with Gasteiger partial charge in [0.2, 0.25) is 0 Å². The molecule has 0 bridgehead atoms. The smallest absolute Gasteiger partial charge is 0.170 e. The van der Waals surface area contributed by atoms with Gasteiger partial charge in [-0.1, -0.05) is 12.1 Å². The van der Waals surface area contributed by atoms with Crippen molar-refractivity contribution < 1.29 is 4.74 Å². The van der Waals surface area contributed by atoms with Gasteiger partial charge in [-0.05, 0) is 79.3 Å². The molecule has 0 radical (unpaired) electrons. The van der Waals surface area contributed by atoms with Crippen molar-refractivity contribution in [2.24, 2.45) is 0 Å². The van der Waals surface area contributed by atoms with Crippen LogP contribution in [-0.4, -0.2) is 31.2 Å². The number of benzene rings is 1. The van der Waals surface area contributed by atoms with E-state index in [2.05, 4.69) is 61.3 Å². The minimum Gasteiger partial charge on any atom is -0.494 e. The van der Waals surface area contributed by atoms with Gasteiger partial charge in [-0.15, -0.1) is 0 Å². The zero-order chi connectivity index (χ0) is 22.6. The summed E-state index contributed by atoms with van der Waals surface area (Å²) in [5.41, 5.74) is 4.26. The van der Waals surface area contributed by atoms with E-state index in [-0.39, 0.29) is 12.1 Å². The van der Waals surface area contributed by atoms with Crippen LogP contribution in [0.2, 0.25) is 0 Å². The maximum Gasteiger partial charge on any atom is 0.170 e. The van der Waals surface area contributed by atoms with Crippen molar-refractivity contribution >= 4 is 17.3 Å². The van der Waals surface area contributed by atoms with Crippen LogP contribution in [0.4, 0.5) is 0 Å². The number of thiocarbonyl (C=S) groups is 1. The Kier molecular flexibility index (Phi) is 6.04. The van der Waals surface area contributed by atoms with Crippen molar-refractivity contribution in [2.75, 3.05) is 6.61 Å². The number of nitrogens with one attached hydrogen (secondary N) is 1. The Balaban J connectivity index is 1.56. The lowest BCUT2D eigenvalue weighted by molar-refractivity contribution is 0.302. The molecule has 0 amide bonds. The van der Waals surface area contributed by atoms with Gasteiger partial charge in [0, 0.05) is 42.7 Å². The van der Waals surface area contributed by atoms with Gasteiger partial charge < -0.3 is 19.5 Å². The molecule has 0 aliphatic carbocycles. The fourth-order valence-corrected chi connectivity index (χ4v) is 4.63. The molecule has 1 N–H and O–H groups in total. The maximum absolute atomic E-state index is 5.81. The molecule has 5 rings (SSSR count). The molecular weight excluding hydrogens is 430 g/mol. The summed E-state index contributed by atoms with van der Waals surface area (Å²) in [6.07, 6.45) is 7.59. The summed E-state index contributed by atoms with van der Waals surface area (Å²) in [6.45, 7) is 3.29. The van der Waals surface area contributed by atoms with Gasteiger partial charge in [0.25, 0.3) is 0 Å². The molecule has 4 aromatic rings. The number of nitrogens with zero attached hydrogens (tertiary/aromatic N) is 4. The normalized spacial score (nSPS) is 17.7. The quantitative estimate of drug-likeness (QED) is 0.403. The van der Waals surface area contributed by atoms with E-state index < -0.39 is 0 Å². The SMILES string of the molecule is CCOc1ccc(-n2cccc2[C@H]2[C@@H](c3ccccn3)NC(=S)N2Cc2cccnc2)cc1. The molecule has 166 valence electrons. The fourth-order valence-electron chi connectivity index (χ4n) is 4.33. The number of rotatable bonds is 7. The first kappa shape index (κ1) is 21.2.